The Labute approximate surface area is 130 Å². The molecule has 0 fully saturated rings. The molecule has 10 heteroatoms. The molecular formula is C10H10Cl2N4O2S2. The van der Waals surface area contributed by atoms with Crippen molar-refractivity contribution in [1.29, 1.82) is 0 Å². The van der Waals surface area contributed by atoms with Gasteiger partial charge in [-0.25, -0.2) is 18.1 Å². The molecule has 0 saturated heterocycles. The summed E-state index contributed by atoms with van der Waals surface area (Å²) < 4.78 is 26.6. The normalized spacial score (nSPS) is 11.7. The number of sulfonamides is 1. The number of nitrogens with one attached hydrogen (secondary N) is 2. The van der Waals surface area contributed by atoms with Crippen molar-refractivity contribution in [2.24, 2.45) is 0 Å². The van der Waals surface area contributed by atoms with Gasteiger partial charge in [-0.05, 0) is 18.2 Å². The van der Waals surface area contributed by atoms with E-state index in [1.807, 2.05) is 0 Å². The third kappa shape index (κ3) is 4.10. The van der Waals surface area contributed by atoms with E-state index in [-0.39, 0.29) is 16.5 Å². The van der Waals surface area contributed by atoms with Crippen LogP contribution in [0.5, 0.6) is 0 Å². The van der Waals surface area contributed by atoms with E-state index >= 15 is 0 Å². The molecule has 0 bridgehead atoms. The highest BCUT2D eigenvalue weighted by atomic mass is 35.5. The maximum atomic E-state index is 12.1. The van der Waals surface area contributed by atoms with Gasteiger partial charge in [0.2, 0.25) is 10.0 Å². The van der Waals surface area contributed by atoms with Crippen molar-refractivity contribution >= 4 is 45.0 Å². The van der Waals surface area contributed by atoms with Gasteiger partial charge in [0.15, 0.2) is 5.16 Å². The standard InChI is InChI=1S/C10H10Cl2N4O2S2/c11-7-1-2-8(12)9(5-7)20(17,18)15-3-4-19-10-13-6-14-16-10/h1-2,5-6,15H,3-4H2,(H,13,14,16). The van der Waals surface area contributed by atoms with E-state index in [1.54, 1.807) is 0 Å². The number of halogens is 2. The van der Waals surface area contributed by atoms with Gasteiger partial charge in [0, 0.05) is 17.3 Å². The summed E-state index contributed by atoms with van der Waals surface area (Å²) in [6.07, 6.45) is 1.39. The SMILES string of the molecule is O=S(=O)(NCCSc1ncn[nH]1)c1cc(Cl)ccc1Cl. The average Bonchev–Trinajstić information content (AvgIpc) is 2.90. The van der Waals surface area contributed by atoms with Gasteiger partial charge in [0.25, 0.3) is 0 Å². The van der Waals surface area contributed by atoms with Gasteiger partial charge in [-0.15, -0.1) is 0 Å². The fourth-order valence-corrected chi connectivity index (χ4v) is 3.91. The number of hydrogen-bond donors (Lipinski definition) is 2. The van der Waals surface area contributed by atoms with Crippen molar-refractivity contribution in [2.75, 3.05) is 12.3 Å². The van der Waals surface area contributed by atoms with Crippen LogP contribution in [0.3, 0.4) is 0 Å². The smallest absolute Gasteiger partial charge is 0.242 e. The van der Waals surface area contributed by atoms with Crippen LogP contribution >= 0.6 is 35.0 Å². The summed E-state index contributed by atoms with van der Waals surface area (Å²) in [5.74, 6) is 0.507. The van der Waals surface area contributed by atoms with E-state index in [2.05, 4.69) is 19.9 Å². The minimum absolute atomic E-state index is 0.0312. The molecule has 1 aromatic heterocycles. The molecule has 0 atom stereocenters. The van der Waals surface area contributed by atoms with Gasteiger partial charge < -0.3 is 0 Å². The summed E-state index contributed by atoms with van der Waals surface area (Å²) >= 11 is 13.0. The molecule has 6 nitrogen and oxygen atoms in total. The number of nitrogens with zero attached hydrogens (tertiary/aromatic N) is 2. The van der Waals surface area contributed by atoms with Crippen LogP contribution in [0.25, 0.3) is 0 Å². The van der Waals surface area contributed by atoms with Crippen molar-refractivity contribution in [2.45, 2.75) is 10.1 Å². The van der Waals surface area contributed by atoms with Crippen LogP contribution in [0.4, 0.5) is 0 Å². The predicted molar refractivity (Wildman–Crippen MR) is 78.8 cm³/mol. The molecule has 108 valence electrons. The molecule has 20 heavy (non-hydrogen) atoms. The first-order chi connectivity index (χ1) is 9.49. The van der Waals surface area contributed by atoms with E-state index < -0.39 is 10.0 Å². The second-order valence-corrected chi connectivity index (χ2v) is 7.27. The summed E-state index contributed by atoms with van der Waals surface area (Å²) in [7, 11) is -3.68. The van der Waals surface area contributed by atoms with Crippen molar-refractivity contribution in [1.82, 2.24) is 19.9 Å². The second kappa shape index (κ2) is 6.77. The Hall–Kier alpha value is -0.800. The fraction of sp³-hybridized carbons (Fsp3) is 0.200. The van der Waals surface area contributed by atoms with Gasteiger partial charge in [-0.1, -0.05) is 35.0 Å². The number of hydrogen-bond acceptors (Lipinski definition) is 5. The van der Waals surface area contributed by atoms with Crippen LogP contribution in [0, 0.1) is 0 Å². The molecule has 0 aliphatic heterocycles. The van der Waals surface area contributed by atoms with Crippen LogP contribution < -0.4 is 4.72 Å². The lowest BCUT2D eigenvalue weighted by molar-refractivity contribution is 0.584. The third-order valence-corrected chi connectivity index (χ3v) is 5.26. The molecule has 0 spiro atoms. The number of benzene rings is 1. The van der Waals surface area contributed by atoms with Crippen LogP contribution in [0.2, 0.25) is 10.0 Å². The lowest BCUT2D eigenvalue weighted by Gasteiger charge is -2.08. The second-order valence-electron chi connectivity index (χ2n) is 3.61. The van der Waals surface area contributed by atoms with Gasteiger partial charge in [0.1, 0.15) is 11.2 Å². The number of aromatic amines is 1. The Morgan fingerprint density at radius 2 is 2.15 bits per heavy atom. The number of H-pyrrole nitrogens is 1. The zero-order valence-electron chi connectivity index (χ0n) is 10.0. The highest BCUT2D eigenvalue weighted by Gasteiger charge is 2.17. The summed E-state index contributed by atoms with van der Waals surface area (Å²) in [5.41, 5.74) is 0. The molecule has 0 aliphatic carbocycles. The van der Waals surface area contributed by atoms with Crippen molar-refractivity contribution in [3.05, 3.63) is 34.6 Å². The summed E-state index contributed by atoms with van der Waals surface area (Å²) in [5, 5.41) is 7.43. The lowest BCUT2D eigenvalue weighted by atomic mass is 10.4. The molecule has 0 radical (unpaired) electrons. The molecule has 0 saturated carbocycles. The fourth-order valence-electron chi connectivity index (χ4n) is 1.35. The number of aromatic nitrogens is 3. The maximum absolute atomic E-state index is 12.1. The summed E-state index contributed by atoms with van der Waals surface area (Å²) in [6.45, 7) is 0.233. The minimum Gasteiger partial charge on any atom is -0.254 e. The van der Waals surface area contributed by atoms with E-state index in [1.165, 1.54) is 36.3 Å². The molecule has 1 heterocycles. The Morgan fingerprint density at radius 1 is 1.35 bits per heavy atom. The van der Waals surface area contributed by atoms with Crippen LogP contribution in [0.1, 0.15) is 0 Å². The minimum atomic E-state index is -3.68. The first-order valence-corrected chi connectivity index (χ1v) is 8.64. The lowest BCUT2D eigenvalue weighted by Crippen LogP contribution is -2.26. The Morgan fingerprint density at radius 3 is 2.85 bits per heavy atom. The van der Waals surface area contributed by atoms with Crippen molar-refractivity contribution in [3.8, 4) is 0 Å². The largest absolute Gasteiger partial charge is 0.254 e. The maximum Gasteiger partial charge on any atom is 0.242 e. The summed E-state index contributed by atoms with van der Waals surface area (Å²) in [4.78, 5) is 3.88. The molecule has 0 aliphatic rings. The number of rotatable bonds is 6. The van der Waals surface area contributed by atoms with E-state index in [4.69, 9.17) is 23.2 Å². The molecule has 0 amide bonds. The average molecular weight is 353 g/mol. The van der Waals surface area contributed by atoms with Gasteiger partial charge in [-0.2, -0.15) is 5.10 Å². The van der Waals surface area contributed by atoms with Crippen molar-refractivity contribution in [3.63, 3.8) is 0 Å². The molecule has 1 aromatic carbocycles. The van der Waals surface area contributed by atoms with Crippen molar-refractivity contribution < 1.29 is 8.42 Å². The Balaban J connectivity index is 1.95. The number of thioether (sulfide) groups is 1. The quantitative estimate of drug-likeness (QED) is 0.614. The zero-order chi connectivity index (χ0) is 14.6. The van der Waals surface area contributed by atoms with Crippen LogP contribution in [-0.2, 0) is 10.0 Å². The molecule has 2 rings (SSSR count). The third-order valence-electron chi connectivity index (χ3n) is 2.21. The summed E-state index contributed by atoms with van der Waals surface area (Å²) in [6, 6.07) is 4.29. The molecular weight excluding hydrogens is 343 g/mol. The van der Waals surface area contributed by atoms with E-state index in [0.29, 0.717) is 15.9 Å². The topological polar surface area (TPSA) is 87.7 Å². The van der Waals surface area contributed by atoms with Gasteiger partial charge in [0.05, 0.1) is 5.02 Å². The highest BCUT2D eigenvalue weighted by Crippen LogP contribution is 2.24. The van der Waals surface area contributed by atoms with Crippen LogP contribution in [0.15, 0.2) is 34.6 Å². The highest BCUT2D eigenvalue weighted by molar-refractivity contribution is 7.99. The Kier molecular flexibility index (Phi) is 5.28. The molecule has 0 unspecified atom stereocenters. The first-order valence-electron chi connectivity index (χ1n) is 5.42. The van der Waals surface area contributed by atoms with E-state index in [0.717, 1.165) is 0 Å². The monoisotopic (exact) mass is 352 g/mol. The van der Waals surface area contributed by atoms with Crippen LogP contribution in [-0.4, -0.2) is 35.9 Å². The Bertz CT molecular complexity index is 677. The predicted octanol–water partition coefficient (Wildman–Crippen LogP) is 2.18. The van der Waals surface area contributed by atoms with E-state index in [9.17, 15) is 8.42 Å². The first kappa shape index (κ1) is 15.6. The zero-order valence-corrected chi connectivity index (χ0v) is 13.2. The van der Waals surface area contributed by atoms with Gasteiger partial charge >= 0.3 is 0 Å². The molecule has 2 aromatic rings. The molecule has 2 N–H and O–H groups in total. The van der Waals surface area contributed by atoms with Gasteiger partial charge in [-0.3, -0.25) is 5.10 Å².